The first-order valence-electron chi connectivity index (χ1n) is 7.18. The molecule has 0 aliphatic carbocycles. The number of benzene rings is 2. The van der Waals surface area contributed by atoms with Crippen molar-refractivity contribution in [2.75, 3.05) is 31.9 Å². The van der Waals surface area contributed by atoms with E-state index in [1.54, 1.807) is 18.2 Å². The molecule has 0 saturated carbocycles. The Bertz CT molecular complexity index is 795. The first-order chi connectivity index (χ1) is 11.9. The minimum absolute atomic E-state index is 0.205. The van der Waals surface area contributed by atoms with Gasteiger partial charge in [-0.15, -0.1) is 0 Å². The standard InChI is InChI=1S/C17H17ClN2O5/c1-23-11-4-6-14(15(8-11)24-2)20-16(21)9-25-17(22)10-3-5-12(18)13(19)7-10/h3-8H,9,19H2,1-2H3,(H,20,21). The van der Waals surface area contributed by atoms with Gasteiger partial charge in [-0.2, -0.15) is 0 Å². The number of carbonyl (C=O) groups excluding carboxylic acids is 2. The highest BCUT2D eigenvalue weighted by molar-refractivity contribution is 6.33. The summed E-state index contributed by atoms with van der Waals surface area (Å²) in [5.74, 6) is -0.190. The quantitative estimate of drug-likeness (QED) is 0.604. The maximum atomic E-state index is 12.0. The molecule has 0 heterocycles. The lowest BCUT2D eigenvalue weighted by molar-refractivity contribution is -0.119. The van der Waals surface area contributed by atoms with Gasteiger partial charge in [0.05, 0.1) is 36.2 Å². The Morgan fingerprint density at radius 1 is 1.12 bits per heavy atom. The van der Waals surface area contributed by atoms with Crippen molar-refractivity contribution in [3.8, 4) is 11.5 Å². The summed E-state index contributed by atoms with van der Waals surface area (Å²) in [5, 5.41) is 2.93. The summed E-state index contributed by atoms with van der Waals surface area (Å²) in [6.45, 7) is -0.462. The van der Waals surface area contributed by atoms with Gasteiger partial charge in [0.15, 0.2) is 6.61 Å². The van der Waals surface area contributed by atoms with Crippen LogP contribution in [-0.2, 0) is 9.53 Å². The Morgan fingerprint density at radius 3 is 2.52 bits per heavy atom. The zero-order valence-electron chi connectivity index (χ0n) is 13.7. The fourth-order valence-electron chi connectivity index (χ4n) is 1.97. The second-order valence-corrected chi connectivity index (χ2v) is 5.33. The van der Waals surface area contributed by atoms with E-state index in [4.69, 9.17) is 31.5 Å². The Balaban J connectivity index is 1.96. The number of ether oxygens (including phenoxy) is 3. The molecule has 2 rings (SSSR count). The molecule has 3 N–H and O–H groups in total. The molecule has 0 unspecified atom stereocenters. The molecule has 1 amide bonds. The fourth-order valence-corrected chi connectivity index (χ4v) is 2.09. The predicted molar refractivity (Wildman–Crippen MR) is 94.3 cm³/mol. The average molecular weight is 365 g/mol. The molecule has 25 heavy (non-hydrogen) atoms. The molecule has 0 aromatic heterocycles. The van der Waals surface area contributed by atoms with Gasteiger partial charge in [0.25, 0.3) is 5.91 Å². The Labute approximate surface area is 149 Å². The van der Waals surface area contributed by atoms with Gasteiger partial charge in [0.1, 0.15) is 11.5 Å². The van der Waals surface area contributed by atoms with Gasteiger partial charge >= 0.3 is 5.97 Å². The molecule has 0 atom stereocenters. The van der Waals surface area contributed by atoms with E-state index >= 15 is 0 Å². The monoisotopic (exact) mass is 364 g/mol. The van der Waals surface area contributed by atoms with Gasteiger partial charge in [-0.25, -0.2) is 4.79 Å². The van der Waals surface area contributed by atoms with E-state index in [1.807, 2.05) is 0 Å². The molecule has 0 bridgehead atoms. The summed E-state index contributed by atoms with van der Waals surface area (Å²) in [7, 11) is 2.99. The average Bonchev–Trinajstić information content (AvgIpc) is 2.62. The van der Waals surface area contributed by atoms with E-state index in [-0.39, 0.29) is 11.3 Å². The predicted octanol–water partition coefficient (Wildman–Crippen LogP) is 2.73. The van der Waals surface area contributed by atoms with Gasteiger partial charge in [0.2, 0.25) is 0 Å². The highest BCUT2D eigenvalue weighted by atomic mass is 35.5. The van der Waals surface area contributed by atoms with Gasteiger partial charge in [-0.1, -0.05) is 11.6 Å². The zero-order valence-corrected chi connectivity index (χ0v) is 14.4. The Hall–Kier alpha value is -2.93. The van der Waals surface area contributed by atoms with E-state index in [0.717, 1.165) is 0 Å². The molecule has 8 heteroatoms. The third kappa shape index (κ3) is 4.77. The second kappa shape index (κ2) is 8.25. The number of hydrogen-bond acceptors (Lipinski definition) is 6. The number of halogens is 1. The van der Waals surface area contributed by atoms with Crippen LogP contribution in [0.3, 0.4) is 0 Å². The highest BCUT2D eigenvalue weighted by Gasteiger charge is 2.13. The molecule has 0 radical (unpaired) electrons. The van der Waals surface area contributed by atoms with Gasteiger partial charge < -0.3 is 25.3 Å². The lowest BCUT2D eigenvalue weighted by Crippen LogP contribution is -2.21. The van der Waals surface area contributed by atoms with E-state index in [9.17, 15) is 9.59 Å². The number of hydrogen-bond donors (Lipinski definition) is 2. The minimum atomic E-state index is -0.680. The normalized spacial score (nSPS) is 10.0. The molecular formula is C17H17ClN2O5. The summed E-state index contributed by atoms with van der Waals surface area (Å²) in [4.78, 5) is 23.9. The molecule has 0 aliphatic heterocycles. The van der Waals surface area contributed by atoms with Crippen molar-refractivity contribution in [3.05, 3.63) is 47.0 Å². The van der Waals surface area contributed by atoms with E-state index in [0.29, 0.717) is 22.2 Å². The Kier molecular flexibility index (Phi) is 6.08. The maximum Gasteiger partial charge on any atom is 0.338 e. The molecule has 2 aromatic rings. The molecule has 0 aliphatic rings. The number of rotatable bonds is 6. The van der Waals surface area contributed by atoms with Crippen molar-refractivity contribution < 1.29 is 23.8 Å². The minimum Gasteiger partial charge on any atom is -0.497 e. The number of nitrogen functional groups attached to an aromatic ring is 1. The number of nitrogens with one attached hydrogen (secondary N) is 1. The number of anilines is 2. The smallest absolute Gasteiger partial charge is 0.338 e. The number of esters is 1. The van der Waals surface area contributed by atoms with Crippen molar-refractivity contribution in [1.82, 2.24) is 0 Å². The largest absolute Gasteiger partial charge is 0.497 e. The number of carbonyl (C=O) groups is 2. The summed E-state index contributed by atoms with van der Waals surface area (Å²) in [6.07, 6.45) is 0. The lowest BCUT2D eigenvalue weighted by atomic mass is 10.2. The number of amides is 1. The molecule has 7 nitrogen and oxygen atoms in total. The fraction of sp³-hybridized carbons (Fsp3) is 0.176. The van der Waals surface area contributed by atoms with Crippen LogP contribution in [0.2, 0.25) is 5.02 Å². The van der Waals surface area contributed by atoms with Crippen LogP contribution in [0.25, 0.3) is 0 Å². The van der Waals surface area contributed by atoms with E-state index < -0.39 is 18.5 Å². The SMILES string of the molecule is COc1ccc(NC(=O)COC(=O)c2ccc(Cl)c(N)c2)c(OC)c1. The topological polar surface area (TPSA) is 99.9 Å². The third-order valence-corrected chi connectivity index (χ3v) is 3.59. The van der Waals surface area contributed by atoms with Crippen molar-refractivity contribution >= 4 is 34.9 Å². The van der Waals surface area contributed by atoms with Crippen molar-refractivity contribution in [2.24, 2.45) is 0 Å². The summed E-state index contributed by atoms with van der Waals surface area (Å²) in [5.41, 5.74) is 6.52. The maximum absolute atomic E-state index is 12.0. The molecule has 0 saturated heterocycles. The first kappa shape index (κ1) is 18.4. The van der Waals surface area contributed by atoms with Crippen molar-refractivity contribution in [1.29, 1.82) is 0 Å². The molecular weight excluding hydrogens is 348 g/mol. The third-order valence-electron chi connectivity index (χ3n) is 3.25. The lowest BCUT2D eigenvalue weighted by Gasteiger charge is -2.12. The van der Waals surface area contributed by atoms with E-state index in [1.165, 1.54) is 32.4 Å². The number of nitrogens with two attached hydrogens (primary N) is 1. The number of methoxy groups -OCH3 is 2. The summed E-state index contributed by atoms with van der Waals surface area (Å²) < 4.78 is 15.2. The first-order valence-corrected chi connectivity index (χ1v) is 7.56. The molecule has 0 fully saturated rings. The highest BCUT2D eigenvalue weighted by Crippen LogP contribution is 2.29. The van der Waals surface area contributed by atoms with E-state index in [2.05, 4.69) is 5.32 Å². The second-order valence-electron chi connectivity index (χ2n) is 4.93. The summed E-state index contributed by atoms with van der Waals surface area (Å²) >= 11 is 5.79. The van der Waals surface area contributed by atoms with Crippen molar-refractivity contribution in [2.45, 2.75) is 0 Å². The van der Waals surface area contributed by atoms with Crippen LogP contribution in [0.1, 0.15) is 10.4 Å². The molecule has 132 valence electrons. The summed E-state index contributed by atoms with van der Waals surface area (Å²) in [6, 6.07) is 9.24. The zero-order chi connectivity index (χ0) is 18.4. The van der Waals surface area contributed by atoms with Gasteiger partial charge in [-0.05, 0) is 30.3 Å². The van der Waals surface area contributed by atoms with Crippen LogP contribution in [0.5, 0.6) is 11.5 Å². The van der Waals surface area contributed by atoms with Crippen LogP contribution >= 0.6 is 11.6 Å². The molecule has 2 aromatic carbocycles. The molecule has 0 spiro atoms. The van der Waals surface area contributed by atoms with Crippen LogP contribution in [-0.4, -0.2) is 32.7 Å². The van der Waals surface area contributed by atoms with Gasteiger partial charge in [0, 0.05) is 6.07 Å². The van der Waals surface area contributed by atoms with Crippen LogP contribution < -0.4 is 20.5 Å². The Morgan fingerprint density at radius 2 is 1.88 bits per heavy atom. The van der Waals surface area contributed by atoms with Gasteiger partial charge in [-0.3, -0.25) is 4.79 Å². The van der Waals surface area contributed by atoms with Crippen molar-refractivity contribution in [3.63, 3.8) is 0 Å². The van der Waals surface area contributed by atoms with Crippen LogP contribution in [0, 0.1) is 0 Å². The van der Waals surface area contributed by atoms with Crippen LogP contribution in [0.15, 0.2) is 36.4 Å². The van der Waals surface area contributed by atoms with Crippen LogP contribution in [0.4, 0.5) is 11.4 Å².